The predicted molar refractivity (Wildman–Crippen MR) is 98.9 cm³/mol. The molecule has 144 valence electrons. The van der Waals surface area contributed by atoms with Crippen LogP contribution in [-0.2, 0) is 9.59 Å². The van der Waals surface area contributed by atoms with Crippen molar-refractivity contribution in [2.75, 3.05) is 11.9 Å². The van der Waals surface area contributed by atoms with Gasteiger partial charge in [0, 0.05) is 5.69 Å². The average molecular weight is 405 g/mol. The second kappa shape index (κ2) is 11.6. The van der Waals surface area contributed by atoms with E-state index in [2.05, 4.69) is 16.2 Å². The van der Waals surface area contributed by atoms with E-state index in [9.17, 15) is 19.6 Å². The van der Waals surface area contributed by atoms with Gasteiger partial charge in [0.25, 0.3) is 0 Å². The zero-order chi connectivity index (χ0) is 19.5. The highest BCUT2D eigenvalue weighted by molar-refractivity contribution is 6.42. The molecule has 1 aromatic rings. The summed E-state index contributed by atoms with van der Waals surface area (Å²) in [5.41, 5.74) is 4.88. The molecule has 4 N–H and O–H groups in total. The third kappa shape index (κ3) is 7.90. The Hall–Kier alpha value is -2.03. The number of nitrogens with zero attached hydrogens (tertiary/aromatic N) is 1. The number of rotatable bonds is 9. The van der Waals surface area contributed by atoms with Gasteiger partial charge in [0.2, 0.25) is 12.3 Å². The first-order valence-electron chi connectivity index (χ1n) is 8.10. The molecule has 1 rings (SSSR count). The number of hydrogen-bond acceptors (Lipinski definition) is 4. The van der Waals surface area contributed by atoms with E-state index < -0.39 is 17.9 Å². The molecule has 0 unspecified atom stereocenters. The van der Waals surface area contributed by atoms with E-state index in [4.69, 9.17) is 23.2 Å². The van der Waals surface area contributed by atoms with Crippen LogP contribution >= 0.6 is 23.2 Å². The van der Waals surface area contributed by atoms with Crippen molar-refractivity contribution in [2.45, 2.75) is 32.6 Å². The quantitative estimate of drug-likeness (QED) is 0.219. The highest BCUT2D eigenvalue weighted by Crippen LogP contribution is 2.24. The Morgan fingerprint density at radius 2 is 1.96 bits per heavy atom. The number of carbonyl (C=O) groups excluding carboxylic acids is 3. The molecule has 4 amide bonds. The topological polar surface area (TPSA) is 111 Å². The molecule has 26 heavy (non-hydrogen) atoms. The van der Waals surface area contributed by atoms with Crippen LogP contribution in [0.5, 0.6) is 0 Å². The first kappa shape index (κ1) is 22.0. The number of anilines is 1. The number of hydroxylamine groups is 2. The summed E-state index contributed by atoms with van der Waals surface area (Å²) in [6.07, 6.45) is 3.35. The van der Waals surface area contributed by atoms with Crippen molar-refractivity contribution in [2.24, 2.45) is 5.92 Å². The fourth-order valence-corrected chi connectivity index (χ4v) is 2.47. The number of benzene rings is 1. The summed E-state index contributed by atoms with van der Waals surface area (Å²) < 4.78 is 0. The smallest absolute Gasteiger partial charge is 0.307 e. The fourth-order valence-electron chi connectivity index (χ4n) is 2.17. The van der Waals surface area contributed by atoms with Crippen molar-refractivity contribution in [3.05, 3.63) is 28.2 Å². The molecule has 0 heterocycles. The van der Waals surface area contributed by atoms with Crippen molar-refractivity contribution in [3.8, 4) is 0 Å². The number of hydrazine groups is 1. The number of halogens is 2. The van der Waals surface area contributed by atoms with Crippen LogP contribution in [0.3, 0.4) is 0 Å². The van der Waals surface area contributed by atoms with Gasteiger partial charge in [0.15, 0.2) is 0 Å². The molecule has 0 bridgehead atoms. The molecule has 0 radical (unpaired) electrons. The van der Waals surface area contributed by atoms with Gasteiger partial charge in [-0.1, -0.05) is 49.4 Å². The van der Waals surface area contributed by atoms with Crippen LogP contribution in [0, 0.1) is 5.92 Å². The van der Waals surface area contributed by atoms with E-state index in [1.807, 2.05) is 6.92 Å². The molecule has 0 aromatic heterocycles. The van der Waals surface area contributed by atoms with Crippen LogP contribution in [0.4, 0.5) is 10.5 Å². The van der Waals surface area contributed by atoms with Gasteiger partial charge in [-0.15, -0.1) is 0 Å². The van der Waals surface area contributed by atoms with E-state index in [0.29, 0.717) is 22.2 Å². The Morgan fingerprint density at radius 3 is 2.58 bits per heavy atom. The van der Waals surface area contributed by atoms with Crippen LogP contribution in [0.15, 0.2) is 18.2 Å². The Balaban J connectivity index is 2.54. The first-order chi connectivity index (χ1) is 12.4. The van der Waals surface area contributed by atoms with E-state index in [1.165, 1.54) is 12.1 Å². The second-order valence-corrected chi connectivity index (χ2v) is 6.43. The second-order valence-electron chi connectivity index (χ2n) is 5.62. The Morgan fingerprint density at radius 1 is 1.23 bits per heavy atom. The van der Waals surface area contributed by atoms with E-state index in [1.54, 1.807) is 6.07 Å². The maximum atomic E-state index is 12.2. The largest absolute Gasteiger partial charge is 0.337 e. The number of hydrogen-bond donors (Lipinski definition) is 4. The van der Waals surface area contributed by atoms with Gasteiger partial charge in [-0.05, 0) is 24.6 Å². The van der Waals surface area contributed by atoms with Gasteiger partial charge in [0.1, 0.15) is 0 Å². The Kier molecular flexibility index (Phi) is 9.79. The molecule has 8 nitrogen and oxygen atoms in total. The van der Waals surface area contributed by atoms with Crippen molar-refractivity contribution < 1.29 is 19.6 Å². The first-order valence-corrected chi connectivity index (χ1v) is 8.85. The SMILES string of the molecule is CCCCC[C@H](CN(O)C=O)C(=O)NNC(=O)Nc1ccc(Cl)c(Cl)c1. The van der Waals surface area contributed by atoms with Gasteiger partial charge in [-0.2, -0.15) is 0 Å². The lowest BCUT2D eigenvalue weighted by Crippen LogP contribution is -2.48. The zero-order valence-electron chi connectivity index (χ0n) is 14.3. The van der Waals surface area contributed by atoms with Crippen LogP contribution in [0.1, 0.15) is 32.6 Å². The molecule has 0 aliphatic rings. The van der Waals surface area contributed by atoms with Crippen molar-refractivity contribution in [1.29, 1.82) is 0 Å². The number of carbonyl (C=O) groups is 3. The highest BCUT2D eigenvalue weighted by atomic mass is 35.5. The summed E-state index contributed by atoms with van der Waals surface area (Å²) in [6.45, 7) is 1.86. The molecule has 10 heteroatoms. The van der Waals surface area contributed by atoms with Gasteiger partial charge in [-0.25, -0.2) is 15.3 Å². The lowest BCUT2D eigenvalue weighted by atomic mass is 10.0. The summed E-state index contributed by atoms with van der Waals surface area (Å²) >= 11 is 11.7. The van der Waals surface area contributed by atoms with Crippen LogP contribution in [0.25, 0.3) is 0 Å². The normalized spacial score (nSPS) is 11.4. The molecule has 1 aromatic carbocycles. The van der Waals surface area contributed by atoms with E-state index in [-0.39, 0.29) is 18.0 Å². The van der Waals surface area contributed by atoms with Crippen molar-refractivity contribution in [3.63, 3.8) is 0 Å². The third-order valence-electron chi connectivity index (χ3n) is 3.53. The maximum Gasteiger partial charge on any atom is 0.337 e. The summed E-state index contributed by atoms with van der Waals surface area (Å²) in [5.74, 6) is -1.16. The van der Waals surface area contributed by atoms with E-state index in [0.717, 1.165) is 19.3 Å². The molecule has 0 saturated carbocycles. The van der Waals surface area contributed by atoms with Gasteiger partial charge in [-0.3, -0.25) is 20.2 Å². The maximum absolute atomic E-state index is 12.2. The zero-order valence-corrected chi connectivity index (χ0v) is 15.8. The molecule has 1 atom stereocenters. The number of amides is 4. The van der Waals surface area contributed by atoms with Crippen LogP contribution in [0.2, 0.25) is 10.0 Å². The summed E-state index contributed by atoms with van der Waals surface area (Å²) in [6, 6.07) is 3.86. The molecule has 0 saturated heterocycles. The van der Waals surface area contributed by atoms with Crippen LogP contribution < -0.4 is 16.2 Å². The summed E-state index contributed by atoms with van der Waals surface area (Å²) in [4.78, 5) is 34.6. The minimum Gasteiger partial charge on any atom is -0.307 e. The summed E-state index contributed by atoms with van der Waals surface area (Å²) in [5, 5.41) is 12.8. The Bertz CT molecular complexity index is 630. The molecular formula is C16H22Cl2N4O4. The molecule has 0 aliphatic heterocycles. The highest BCUT2D eigenvalue weighted by Gasteiger charge is 2.21. The lowest BCUT2D eigenvalue weighted by molar-refractivity contribution is -0.154. The average Bonchev–Trinajstić information content (AvgIpc) is 2.62. The van der Waals surface area contributed by atoms with Crippen molar-refractivity contribution >= 4 is 47.2 Å². The molecular weight excluding hydrogens is 383 g/mol. The van der Waals surface area contributed by atoms with Gasteiger partial charge in [0.05, 0.1) is 22.5 Å². The number of unbranched alkanes of at least 4 members (excludes halogenated alkanes) is 2. The third-order valence-corrected chi connectivity index (χ3v) is 4.27. The minimum atomic E-state index is -0.680. The standard InChI is InChI=1S/C16H22Cl2N4O4/c1-2-3-4-5-11(9-22(26)10-23)15(24)20-21-16(25)19-12-6-7-13(17)14(18)8-12/h6-8,10-11,26H,2-5,9H2,1H3,(H,20,24)(H2,19,21,25)/t11-/m1/s1. The van der Waals surface area contributed by atoms with Crippen molar-refractivity contribution in [1.82, 2.24) is 15.9 Å². The molecule has 0 fully saturated rings. The lowest BCUT2D eigenvalue weighted by Gasteiger charge is -2.19. The summed E-state index contributed by atoms with van der Waals surface area (Å²) in [7, 11) is 0. The minimum absolute atomic E-state index is 0.158. The molecule has 0 spiro atoms. The van der Waals surface area contributed by atoms with Gasteiger partial charge < -0.3 is 5.32 Å². The number of nitrogens with one attached hydrogen (secondary N) is 3. The monoisotopic (exact) mass is 404 g/mol. The Labute approximate surface area is 161 Å². The van der Waals surface area contributed by atoms with Gasteiger partial charge >= 0.3 is 6.03 Å². The number of urea groups is 1. The van der Waals surface area contributed by atoms with E-state index >= 15 is 0 Å². The molecule has 0 aliphatic carbocycles. The van der Waals surface area contributed by atoms with Crippen LogP contribution in [-0.4, -0.2) is 35.2 Å². The predicted octanol–water partition coefficient (Wildman–Crippen LogP) is 3.19. The fraction of sp³-hybridized carbons (Fsp3) is 0.438.